The lowest BCUT2D eigenvalue weighted by Crippen LogP contribution is -2.20. The van der Waals surface area contributed by atoms with Gasteiger partial charge in [0.25, 0.3) is 0 Å². The first-order valence-corrected chi connectivity index (χ1v) is 4.90. The van der Waals surface area contributed by atoms with E-state index >= 15 is 0 Å². The summed E-state index contributed by atoms with van der Waals surface area (Å²) in [4.78, 5) is 3.86. The summed E-state index contributed by atoms with van der Waals surface area (Å²) >= 11 is -2.28. The third-order valence-electron chi connectivity index (χ3n) is 1.78. The molecule has 1 aromatic rings. The Bertz CT molecular complexity index is 312. The standard InChI is InChI=1S/C7H12N2O3S/c1-5(13(11)12)7(10)6-3-9(2)4-8-6/h3-5,7,10H,1-2H3,(H,11,12)/p-1/t5-,7+/m0/s1. The number of aromatic nitrogens is 2. The lowest BCUT2D eigenvalue weighted by atomic mass is 10.2. The van der Waals surface area contributed by atoms with Crippen LogP contribution in [-0.2, 0) is 18.1 Å². The number of nitrogens with zero attached hydrogens (tertiary/aromatic N) is 2. The Kier molecular flexibility index (Phi) is 3.18. The van der Waals surface area contributed by atoms with Crippen LogP contribution in [0.5, 0.6) is 0 Å². The van der Waals surface area contributed by atoms with Crippen LogP contribution in [0.1, 0.15) is 18.7 Å². The number of imidazole rings is 1. The van der Waals surface area contributed by atoms with Crippen LogP contribution in [0.4, 0.5) is 0 Å². The van der Waals surface area contributed by atoms with Crippen molar-refractivity contribution in [1.82, 2.24) is 9.55 Å². The maximum atomic E-state index is 10.5. The van der Waals surface area contributed by atoms with Gasteiger partial charge in [-0.05, 0) is 18.0 Å². The molecule has 1 N–H and O–H groups in total. The summed E-state index contributed by atoms with van der Waals surface area (Å²) in [6.07, 6.45) is 2.05. The molecule has 0 aliphatic carbocycles. The zero-order valence-corrected chi connectivity index (χ0v) is 8.19. The quantitative estimate of drug-likeness (QED) is 0.685. The molecule has 3 atom stereocenters. The number of hydrogen-bond donors (Lipinski definition) is 1. The van der Waals surface area contributed by atoms with Gasteiger partial charge >= 0.3 is 0 Å². The van der Waals surface area contributed by atoms with Crippen LogP contribution in [0, 0.1) is 0 Å². The first-order chi connectivity index (χ1) is 6.02. The van der Waals surface area contributed by atoms with Gasteiger partial charge in [-0.1, -0.05) is 0 Å². The van der Waals surface area contributed by atoms with Gasteiger partial charge in [-0.15, -0.1) is 0 Å². The van der Waals surface area contributed by atoms with Crippen LogP contribution in [0.15, 0.2) is 12.5 Å². The van der Waals surface area contributed by atoms with E-state index in [1.807, 2.05) is 0 Å². The van der Waals surface area contributed by atoms with Gasteiger partial charge in [-0.3, -0.25) is 4.21 Å². The molecule has 0 fully saturated rings. The Hall–Kier alpha value is -0.720. The minimum atomic E-state index is -2.28. The van der Waals surface area contributed by atoms with Gasteiger partial charge in [0.2, 0.25) is 0 Å². The molecule has 0 aromatic carbocycles. The highest BCUT2D eigenvalue weighted by atomic mass is 32.2. The molecule has 6 heteroatoms. The summed E-state index contributed by atoms with van der Waals surface area (Å²) in [6, 6.07) is 0. The predicted molar refractivity (Wildman–Crippen MR) is 46.5 cm³/mol. The van der Waals surface area contributed by atoms with Crippen molar-refractivity contribution in [3.63, 3.8) is 0 Å². The molecule has 74 valence electrons. The molecule has 0 spiro atoms. The lowest BCUT2D eigenvalue weighted by molar-refractivity contribution is 0.170. The maximum Gasteiger partial charge on any atom is 0.110 e. The molecule has 0 aliphatic rings. The van der Waals surface area contributed by atoms with E-state index in [-0.39, 0.29) is 0 Å². The van der Waals surface area contributed by atoms with E-state index < -0.39 is 22.4 Å². The van der Waals surface area contributed by atoms with Gasteiger partial charge in [0.15, 0.2) is 0 Å². The Balaban J connectivity index is 2.78. The van der Waals surface area contributed by atoms with Crippen LogP contribution in [0.25, 0.3) is 0 Å². The summed E-state index contributed by atoms with van der Waals surface area (Å²) in [6.45, 7) is 1.43. The van der Waals surface area contributed by atoms with E-state index in [0.717, 1.165) is 0 Å². The molecular weight excluding hydrogens is 192 g/mol. The largest absolute Gasteiger partial charge is 0.772 e. The van der Waals surface area contributed by atoms with E-state index in [4.69, 9.17) is 0 Å². The van der Waals surface area contributed by atoms with Gasteiger partial charge < -0.3 is 14.2 Å². The summed E-state index contributed by atoms with van der Waals surface area (Å²) < 4.78 is 22.7. The smallest absolute Gasteiger partial charge is 0.110 e. The summed E-state index contributed by atoms with van der Waals surface area (Å²) in [5, 5.41) is 8.67. The van der Waals surface area contributed by atoms with Crippen molar-refractivity contribution in [3.8, 4) is 0 Å². The maximum absolute atomic E-state index is 10.5. The second kappa shape index (κ2) is 3.99. The van der Waals surface area contributed by atoms with Crippen molar-refractivity contribution >= 4 is 11.1 Å². The lowest BCUT2D eigenvalue weighted by Gasteiger charge is -2.19. The van der Waals surface area contributed by atoms with Crippen LogP contribution in [0.3, 0.4) is 0 Å². The third kappa shape index (κ3) is 2.36. The normalized spacial score (nSPS) is 18.2. The second-order valence-corrected chi connectivity index (χ2v) is 4.14. The highest BCUT2D eigenvalue weighted by Gasteiger charge is 2.18. The van der Waals surface area contributed by atoms with Gasteiger partial charge in [0.05, 0.1) is 17.3 Å². The molecule has 0 bridgehead atoms. The van der Waals surface area contributed by atoms with Crippen molar-refractivity contribution < 1.29 is 13.9 Å². The van der Waals surface area contributed by atoms with E-state index in [9.17, 15) is 13.9 Å². The Morgan fingerprint density at radius 2 is 2.38 bits per heavy atom. The van der Waals surface area contributed by atoms with Crippen molar-refractivity contribution in [3.05, 3.63) is 18.2 Å². The average molecular weight is 203 g/mol. The third-order valence-corrected chi connectivity index (χ3v) is 2.64. The second-order valence-electron chi connectivity index (χ2n) is 2.87. The van der Waals surface area contributed by atoms with Crippen LogP contribution < -0.4 is 0 Å². The molecule has 1 unspecified atom stereocenters. The Morgan fingerprint density at radius 3 is 2.77 bits per heavy atom. The highest BCUT2D eigenvalue weighted by molar-refractivity contribution is 7.79. The first kappa shape index (κ1) is 10.4. The topological polar surface area (TPSA) is 78.2 Å². The fourth-order valence-electron chi connectivity index (χ4n) is 0.931. The van der Waals surface area contributed by atoms with E-state index in [0.29, 0.717) is 5.69 Å². The molecule has 0 radical (unpaired) electrons. The zero-order chi connectivity index (χ0) is 10.0. The molecular formula is C7H11N2O3S-. The van der Waals surface area contributed by atoms with E-state index in [1.165, 1.54) is 13.3 Å². The monoisotopic (exact) mass is 203 g/mol. The minimum Gasteiger partial charge on any atom is -0.772 e. The zero-order valence-electron chi connectivity index (χ0n) is 7.38. The minimum absolute atomic E-state index is 0.374. The fraction of sp³-hybridized carbons (Fsp3) is 0.571. The first-order valence-electron chi connectivity index (χ1n) is 3.76. The van der Waals surface area contributed by atoms with E-state index in [1.54, 1.807) is 17.8 Å². The van der Waals surface area contributed by atoms with Crippen LogP contribution in [0.2, 0.25) is 0 Å². The number of aliphatic hydroxyl groups excluding tert-OH is 1. The Labute approximate surface area is 78.7 Å². The molecule has 0 aliphatic heterocycles. The van der Waals surface area contributed by atoms with Gasteiger partial charge in [-0.2, -0.15) is 0 Å². The molecule has 0 amide bonds. The molecule has 0 saturated heterocycles. The van der Waals surface area contributed by atoms with Crippen molar-refractivity contribution in [2.75, 3.05) is 0 Å². The molecule has 1 aromatic heterocycles. The number of hydrogen-bond acceptors (Lipinski definition) is 4. The van der Waals surface area contributed by atoms with Crippen LogP contribution >= 0.6 is 0 Å². The Morgan fingerprint density at radius 1 is 1.77 bits per heavy atom. The summed E-state index contributed by atoms with van der Waals surface area (Å²) in [5.74, 6) is 0. The molecule has 1 heterocycles. The molecule has 0 saturated carbocycles. The molecule has 1 rings (SSSR count). The van der Waals surface area contributed by atoms with Gasteiger partial charge in [0, 0.05) is 13.2 Å². The summed E-state index contributed by atoms with van der Waals surface area (Å²) in [7, 11) is 1.75. The highest BCUT2D eigenvalue weighted by Crippen LogP contribution is 2.17. The van der Waals surface area contributed by atoms with Gasteiger partial charge in [-0.25, -0.2) is 4.98 Å². The van der Waals surface area contributed by atoms with Crippen molar-refractivity contribution in [2.45, 2.75) is 18.3 Å². The van der Waals surface area contributed by atoms with Crippen molar-refractivity contribution in [1.29, 1.82) is 0 Å². The fourth-order valence-corrected chi connectivity index (χ4v) is 1.28. The number of aryl methyl sites for hydroxylation is 1. The number of rotatable bonds is 3. The number of aliphatic hydroxyl groups is 1. The molecule has 13 heavy (non-hydrogen) atoms. The average Bonchev–Trinajstić information content (AvgIpc) is 2.49. The van der Waals surface area contributed by atoms with Gasteiger partial charge in [0.1, 0.15) is 6.10 Å². The molecule has 5 nitrogen and oxygen atoms in total. The van der Waals surface area contributed by atoms with Crippen molar-refractivity contribution in [2.24, 2.45) is 7.05 Å². The van der Waals surface area contributed by atoms with Crippen LogP contribution in [-0.4, -0.2) is 28.7 Å². The SMILES string of the molecule is C[C@@H]([C@@H](O)c1cn(C)cn1)S(=O)[O-]. The summed E-state index contributed by atoms with van der Waals surface area (Å²) in [5.41, 5.74) is 0.374. The van der Waals surface area contributed by atoms with E-state index in [2.05, 4.69) is 4.98 Å². The predicted octanol–water partition coefficient (Wildman–Crippen LogP) is -0.279.